The highest BCUT2D eigenvalue weighted by Crippen LogP contribution is 2.16. The van der Waals surface area contributed by atoms with Crippen molar-refractivity contribution in [2.75, 3.05) is 18.8 Å². The molecule has 1 amide bonds. The number of likely N-dealkylation sites (tertiary alicyclic amines) is 1. The van der Waals surface area contributed by atoms with Crippen molar-refractivity contribution in [1.29, 1.82) is 0 Å². The molecule has 0 saturated carbocycles. The molecule has 1 aromatic rings. The van der Waals surface area contributed by atoms with Crippen LogP contribution in [-0.2, 0) is 10.5 Å². The summed E-state index contributed by atoms with van der Waals surface area (Å²) in [5.74, 6) is 1.51. The van der Waals surface area contributed by atoms with Crippen molar-refractivity contribution in [3.63, 3.8) is 0 Å². The molecule has 0 spiro atoms. The summed E-state index contributed by atoms with van der Waals surface area (Å²) in [6.45, 7) is 3.37. The molecule has 3 nitrogen and oxygen atoms in total. The zero-order valence-corrected chi connectivity index (χ0v) is 12.2. The molecule has 1 aliphatic rings. The van der Waals surface area contributed by atoms with E-state index in [0.717, 1.165) is 25.1 Å². The van der Waals surface area contributed by atoms with Crippen LogP contribution in [0.1, 0.15) is 24.0 Å². The SMILES string of the molecule is Cc1cccc(CSCC(=O)N2CCC[C@@H](O)C2)c1. The second kappa shape index (κ2) is 6.96. The average molecular weight is 279 g/mol. The lowest BCUT2D eigenvalue weighted by atomic mass is 10.1. The van der Waals surface area contributed by atoms with Crippen molar-refractivity contribution in [2.24, 2.45) is 0 Å². The van der Waals surface area contributed by atoms with Crippen LogP contribution in [0.5, 0.6) is 0 Å². The maximum atomic E-state index is 12.0. The van der Waals surface area contributed by atoms with Gasteiger partial charge in [-0.25, -0.2) is 0 Å². The number of carbonyl (C=O) groups excluding carboxylic acids is 1. The predicted molar refractivity (Wildman–Crippen MR) is 79.2 cm³/mol. The van der Waals surface area contributed by atoms with Gasteiger partial charge in [-0.15, -0.1) is 11.8 Å². The van der Waals surface area contributed by atoms with Crippen LogP contribution in [0.3, 0.4) is 0 Å². The third kappa shape index (κ3) is 4.55. The Morgan fingerprint density at radius 3 is 3.11 bits per heavy atom. The molecule has 1 saturated heterocycles. The molecule has 1 atom stereocenters. The van der Waals surface area contributed by atoms with Crippen molar-refractivity contribution in [2.45, 2.75) is 31.6 Å². The van der Waals surface area contributed by atoms with Gasteiger partial charge >= 0.3 is 0 Å². The summed E-state index contributed by atoms with van der Waals surface area (Å²) in [4.78, 5) is 13.8. The lowest BCUT2D eigenvalue weighted by Gasteiger charge is -2.30. The first-order valence-electron chi connectivity index (χ1n) is 6.74. The fraction of sp³-hybridized carbons (Fsp3) is 0.533. The minimum absolute atomic E-state index is 0.149. The highest BCUT2D eigenvalue weighted by molar-refractivity contribution is 7.99. The van der Waals surface area contributed by atoms with E-state index < -0.39 is 0 Å². The van der Waals surface area contributed by atoms with Crippen LogP contribution in [-0.4, -0.2) is 40.9 Å². The predicted octanol–water partition coefficient (Wildman–Crippen LogP) is 2.21. The second-order valence-electron chi connectivity index (χ2n) is 5.12. The zero-order valence-electron chi connectivity index (χ0n) is 11.3. The smallest absolute Gasteiger partial charge is 0.232 e. The van der Waals surface area contributed by atoms with Gasteiger partial charge in [-0.05, 0) is 25.3 Å². The molecular formula is C15H21NO2S. The summed E-state index contributed by atoms with van der Waals surface area (Å²) in [6, 6.07) is 8.37. The summed E-state index contributed by atoms with van der Waals surface area (Å²) >= 11 is 1.65. The molecule has 4 heteroatoms. The Balaban J connectivity index is 1.74. The van der Waals surface area contributed by atoms with E-state index in [1.165, 1.54) is 11.1 Å². The number of piperidine rings is 1. The summed E-state index contributed by atoms with van der Waals surface area (Å²) in [7, 11) is 0. The van der Waals surface area contributed by atoms with Crippen molar-refractivity contribution in [3.8, 4) is 0 Å². The third-order valence-electron chi connectivity index (χ3n) is 3.33. The van der Waals surface area contributed by atoms with Gasteiger partial charge in [-0.3, -0.25) is 4.79 Å². The number of hydrogen-bond donors (Lipinski definition) is 1. The Labute approximate surface area is 119 Å². The first kappa shape index (κ1) is 14.4. The van der Waals surface area contributed by atoms with E-state index in [0.29, 0.717) is 12.3 Å². The lowest BCUT2D eigenvalue weighted by Crippen LogP contribution is -2.43. The van der Waals surface area contributed by atoms with E-state index in [-0.39, 0.29) is 12.0 Å². The van der Waals surface area contributed by atoms with Gasteiger partial charge in [0, 0.05) is 18.8 Å². The van der Waals surface area contributed by atoms with Crippen molar-refractivity contribution in [3.05, 3.63) is 35.4 Å². The van der Waals surface area contributed by atoms with Crippen molar-refractivity contribution < 1.29 is 9.90 Å². The third-order valence-corrected chi connectivity index (χ3v) is 4.31. The second-order valence-corrected chi connectivity index (χ2v) is 6.10. The highest BCUT2D eigenvalue weighted by Gasteiger charge is 2.21. The van der Waals surface area contributed by atoms with Gasteiger partial charge in [0.2, 0.25) is 5.91 Å². The van der Waals surface area contributed by atoms with E-state index in [4.69, 9.17) is 0 Å². The van der Waals surface area contributed by atoms with E-state index in [1.54, 1.807) is 16.7 Å². The molecule has 1 N–H and O–H groups in total. The number of β-amino-alcohol motifs (C(OH)–C–C–N with tert-alkyl or cyclic N) is 1. The number of thioether (sulfide) groups is 1. The number of aryl methyl sites for hydroxylation is 1. The lowest BCUT2D eigenvalue weighted by molar-refractivity contribution is -0.131. The normalized spacial score (nSPS) is 19.5. The van der Waals surface area contributed by atoms with E-state index in [9.17, 15) is 9.90 Å². The van der Waals surface area contributed by atoms with Crippen LogP contribution in [0, 0.1) is 6.92 Å². The van der Waals surface area contributed by atoms with Gasteiger partial charge in [0.15, 0.2) is 0 Å². The number of nitrogens with zero attached hydrogens (tertiary/aromatic N) is 1. The van der Waals surface area contributed by atoms with Crippen LogP contribution in [0.25, 0.3) is 0 Å². The van der Waals surface area contributed by atoms with Crippen LogP contribution >= 0.6 is 11.8 Å². The molecule has 0 radical (unpaired) electrons. The van der Waals surface area contributed by atoms with E-state index in [2.05, 4.69) is 25.1 Å². The van der Waals surface area contributed by atoms with Gasteiger partial charge < -0.3 is 10.0 Å². The molecule has 0 unspecified atom stereocenters. The summed E-state index contributed by atoms with van der Waals surface area (Å²) in [5.41, 5.74) is 2.51. The number of amides is 1. The first-order chi connectivity index (χ1) is 9.15. The van der Waals surface area contributed by atoms with Gasteiger partial charge in [-0.1, -0.05) is 29.8 Å². The standard InChI is InChI=1S/C15H21NO2S/c1-12-4-2-5-13(8-12)10-19-11-15(18)16-7-3-6-14(17)9-16/h2,4-5,8,14,17H,3,6-7,9-11H2,1H3/t14-/m1/s1. The number of aliphatic hydroxyl groups excluding tert-OH is 1. The molecule has 19 heavy (non-hydrogen) atoms. The summed E-state index contributed by atoms with van der Waals surface area (Å²) in [5, 5.41) is 9.56. The average Bonchev–Trinajstić information content (AvgIpc) is 2.38. The van der Waals surface area contributed by atoms with Crippen LogP contribution in [0.15, 0.2) is 24.3 Å². The van der Waals surface area contributed by atoms with Gasteiger partial charge in [0.05, 0.1) is 11.9 Å². The maximum Gasteiger partial charge on any atom is 0.232 e. The quantitative estimate of drug-likeness (QED) is 0.918. The summed E-state index contributed by atoms with van der Waals surface area (Å²) < 4.78 is 0. The fourth-order valence-electron chi connectivity index (χ4n) is 2.33. The molecule has 1 heterocycles. The number of rotatable bonds is 4. The summed E-state index contributed by atoms with van der Waals surface area (Å²) in [6.07, 6.45) is 1.40. The van der Waals surface area contributed by atoms with Crippen molar-refractivity contribution >= 4 is 17.7 Å². The zero-order chi connectivity index (χ0) is 13.7. The number of benzene rings is 1. The highest BCUT2D eigenvalue weighted by atomic mass is 32.2. The molecule has 1 aromatic carbocycles. The fourth-order valence-corrected chi connectivity index (χ4v) is 3.21. The Morgan fingerprint density at radius 1 is 1.53 bits per heavy atom. The monoisotopic (exact) mass is 279 g/mol. The molecule has 2 rings (SSSR count). The van der Waals surface area contributed by atoms with E-state index >= 15 is 0 Å². The van der Waals surface area contributed by atoms with Crippen LogP contribution < -0.4 is 0 Å². The topological polar surface area (TPSA) is 40.5 Å². The molecule has 0 aliphatic carbocycles. The molecule has 104 valence electrons. The van der Waals surface area contributed by atoms with Gasteiger partial charge in [-0.2, -0.15) is 0 Å². The Morgan fingerprint density at radius 2 is 2.37 bits per heavy atom. The Hall–Kier alpha value is -1.00. The maximum absolute atomic E-state index is 12.0. The Bertz CT molecular complexity index is 436. The van der Waals surface area contributed by atoms with Crippen LogP contribution in [0.4, 0.5) is 0 Å². The first-order valence-corrected chi connectivity index (χ1v) is 7.90. The van der Waals surface area contributed by atoms with Crippen molar-refractivity contribution in [1.82, 2.24) is 4.90 Å². The molecule has 0 bridgehead atoms. The Kier molecular flexibility index (Phi) is 5.28. The van der Waals surface area contributed by atoms with Gasteiger partial charge in [0.1, 0.15) is 0 Å². The van der Waals surface area contributed by atoms with Gasteiger partial charge in [0.25, 0.3) is 0 Å². The molecular weight excluding hydrogens is 258 g/mol. The largest absolute Gasteiger partial charge is 0.391 e. The van der Waals surface area contributed by atoms with E-state index in [1.807, 2.05) is 6.07 Å². The number of carbonyl (C=O) groups is 1. The number of hydrogen-bond acceptors (Lipinski definition) is 3. The number of aliphatic hydroxyl groups is 1. The minimum atomic E-state index is -0.334. The molecule has 0 aromatic heterocycles. The molecule has 1 fully saturated rings. The minimum Gasteiger partial charge on any atom is -0.391 e. The molecule has 1 aliphatic heterocycles. The van der Waals surface area contributed by atoms with Crippen LogP contribution in [0.2, 0.25) is 0 Å².